The van der Waals surface area contributed by atoms with Crippen molar-refractivity contribution in [1.82, 2.24) is 4.98 Å². The molecule has 1 heterocycles. The maximum atomic E-state index is 5.78. The van der Waals surface area contributed by atoms with Gasteiger partial charge in [-0.3, -0.25) is 0 Å². The van der Waals surface area contributed by atoms with E-state index in [1.54, 1.807) is 13.3 Å². The molecule has 0 saturated heterocycles. The molecule has 0 bridgehead atoms. The number of methoxy groups -OCH3 is 1. The molecule has 3 nitrogen and oxygen atoms in total. The molecular weight excluding hydrogens is 212 g/mol. The number of hydrogen-bond acceptors (Lipinski definition) is 3. The number of anilines is 1. The van der Waals surface area contributed by atoms with Gasteiger partial charge >= 0.3 is 0 Å². The minimum Gasteiger partial charge on any atom is -0.481 e. The summed E-state index contributed by atoms with van der Waals surface area (Å²) in [4.78, 5) is 4.19. The second kappa shape index (κ2) is 4.45. The highest BCUT2D eigenvalue weighted by Gasteiger charge is 2.10. The molecule has 1 aromatic carbocycles. The SMILES string of the molecule is COc1ncc(N)cc1-c1ccc(C)cc1C. The van der Waals surface area contributed by atoms with E-state index in [9.17, 15) is 0 Å². The quantitative estimate of drug-likeness (QED) is 0.859. The van der Waals surface area contributed by atoms with Gasteiger partial charge in [-0.25, -0.2) is 4.98 Å². The fraction of sp³-hybridized carbons (Fsp3) is 0.214. The lowest BCUT2D eigenvalue weighted by atomic mass is 9.99. The highest BCUT2D eigenvalue weighted by molar-refractivity contribution is 5.74. The molecule has 2 N–H and O–H groups in total. The van der Waals surface area contributed by atoms with Crippen molar-refractivity contribution < 1.29 is 4.74 Å². The Bertz CT molecular complexity index is 550. The van der Waals surface area contributed by atoms with Crippen molar-refractivity contribution in [3.05, 3.63) is 41.6 Å². The van der Waals surface area contributed by atoms with Gasteiger partial charge in [-0.1, -0.05) is 23.8 Å². The first-order valence-corrected chi connectivity index (χ1v) is 5.49. The van der Waals surface area contributed by atoms with Crippen LogP contribution in [0.1, 0.15) is 11.1 Å². The van der Waals surface area contributed by atoms with Crippen LogP contribution in [-0.4, -0.2) is 12.1 Å². The van der Waals surface area contributed by atoms with E-state index < -0.39 is 0 Å². The maximum Gasteiger partial charge on any atom is 0.221 e. The third-order valence-corrected chi connectivity index (χ3v) is 2.74. The van der Waals surface area contributed by atoms with E-state index in [0.717, 1.165) is 11.1 Å². The second-order valence-corrected chi connectivity index (χ2v) is 4.14. The minimum atomic E-state index is 0.603. The molecule has 0 aliphatic carbocycles. The fourth-order valence-electron chi connectivity index (χ4n) is 1.94. The lowest BCUT2D eigenvalue weighted by molar-refractivity contribution is 0.400. The Hall–Kier alpha value is -2.03. The molecule has 0 radical (unpaired) electrons. The van der Waals surface area contributed by atoms with Crippen molar-refractivity contribution in [2.24, 2.45) is 0 Å². The predicted molar refractivity (Wildman–Crippen MR) is 70.1 cm³/mol. The van der Waals surface area contributed by atoms with E-state index in [1.165, 1.54) is 11.1 Å². The third-order valence-electron chi connectivity index (χ3n) is 2.74. The number of aromatic nitrogens is 1. The summed E-state index contributed by atoms with van der Waals surface area (Å²) < 4.78 is 5.27. The van der Waals surface area contributed by atoms with Crippen molar-refractivity contribution in [2.45, 2.75) is 13.8 Å². The van der Waals surface area contributed by atoms with Crippen LogP contribution >= 0.6 is 0 Å². The molecule has 88 valence electrons. The molecule has 0 aliphatic rings. The summed E-state index contributed by atoms with van der Waals surface area (Å²) in [5.74, 6) is 0.603. The Morgan fingerprint density at radius 2 is 1.88 bits per heavy atom. The monoisotopic (exact) mass is 228 g/mol. The highest BCUT2D eigenvalue weighted by atomic mass is 16.5. The van der Waals surface area contributed by atoms with Crippen LogP contribution in [0.5, 0.6) is 5.88 Å². The lowest BCUT2D eigenvalue weighted by Gasteiger charge is -2.11. The van der Waals surface area contributed by atoms with Crippen LogP contribution in [0.3, 0.4) is 0 Å². The van der Waals surface area contributed by atoms with E-state index in [4.69, 9.17) is 10.5 Å². The summed E-state index contributed by atoms with van der Waals surface area (Å²) in [5, 5.41) is 0. The Morgan fingerprint density at radius 1 is 1.12 bits per heavy atom. The standard InChI is InChI=1S/C14H16N2O/c1-9-4-5-12(10(2)6-9)13-7-11(15)8-16-14(13)17-3/h4-8H,15H2,1-3H3. The Balaban J connectivity index is 2.62. The summed E-state index contributed by atoms with van der Waals surface area (Å²) in [5.41, 5.74) is 10.9. The first kappa shape index (κ1) is 11.5. The van der Waals surface area contributed by atoms with Gasteiger partial charge in [-0.2, -0.15) is 0 Å². The Kier molecular flexibility index (Phi) is 3.00. The van der Waals surface area contributed by atoms with E-state index in [2.05, 4.69) is 37.0 Å². The number of pyridine rings is 1. The van der Waals surface area contributed by atoms with Crippen LogP contribution in [0.15, 0.2) is 30.5 Å². The minimum absolute atomic E-state index is 0.603. The highest BCUT2D eigenvalue weighted by Crippen LogP contribution is 2.32. The molecule has 0 fully saturated rings. The molecule has 0 aliphatic heterocycles. The summed E-state index contributed by atoms with van der Waals surface area (Å²) >= 11 is 0. The summed E-state index contributed by atoms with van der Waals surface area (Å²) in [6.45, 7) is 4.15. The molecule has 17 heavy (non-hydrogen) atoms. The number of nitrogen functional groups attached to an aromatic ring is 1. The average molecular weight is 228 g/mol. The Morgan fingerprint density at radius 3 is 2.53 bits per heavy atom. The zero-order valence-corrected chi connectivity index (χ0v) is 10.3. The average Bonchev–Trinajstić information content (AvgIpc) is 2.29. The van der Waals surface area contributed by atoms with E-state index in [1.807, 2.05) is 6.07 Å². The van der Waals surface area contributed by atoms with Gasteiger partial charge in [0.2, 0.25) is 5.88 Å². The maximum absolute atomic E-state index is 5.78. The van der Waals surface area contributed by atoms with Crippen molar-refractivity contribution in [2.75, 3.05) is 12.8 Å². The number of aryl methyl sites for hydroxylation is 2. The van der Waals surface area contributed by atoms with E-state index in [-0.39, 0.29) is 0 Å². The largest absolute Gasteiger partial charge is 0.481 e. The van der Waals surface area contributed by atoms with Gasteiger partial charge in [0.05, 0.1) is 19.0 Å². The van der Waals surface area contributed by atoms with E-state index >= 15 is 0 Å². The number of nitrogens with two attached hydrogens (primary N) is 1. The molecule has 0 saturated carbocycles. The molecule has 2 rings (SSSR count). The first-order valence-electron chi connectivity index (χ1n) is 5.49. The molecule has 0 unspecified atom stereocenters. The molecule has 0 spiro atoms. The molecular formula is C14H16N2O. The smallest absolute Gasteiger partial charge is 0.221 e. The lowest BCUT2D eigenvalue weighted by Crippen LogP contribution is -1.96. The van der Waals surface area contributed by atoms with Gasteiger partial charge in [0.25, 0.3) is 0 Å². The number of hydrogen-bond donors (Lipinski definition) is 1. The van der Waals surface area contributed by atoms with Gasteiger partial charge in [-0.15, -0.1) is 0 Å². The first-order chi connectivity index (χ1) is 8.11. The normalized spacial score (nSPS) is 10.3. The van der Waals surface area contributed by atoms with Gasteiger partial charge in [-0.05, 0) is 31.0 Å². The summed E-state index contributed by atoms with van der Waals surface area (Å²) in [7, 11) is 1.62. The number of nitrogens with zero attached hydrogens (tertiary/aromatic N) is 1. The second-order valence-electron chi connectivity index (χ2n) is 4.14. The van der Waals surface area contributed by atoms with Crippen LogP contribution in [-0.2, 0) is 0 Å². The van der Waals surface area contributed by atoms with Gasteiger partial charge in [0.15, 0.2) is 0 Å². The van der Waals surface area contributed by atoms with Crippen molar-refractivity contribution in [1.29, 1.82) is 0 Å². The molecule has 0 atom stereocenters. The van der Waals surface area contributed by atoms with Crippen LogP contribution in [0.4, 0.5) is 5.69 Å². The topological polar surface area (TPSA) is 48.1 Å². The Labute approximate surface area is 101 Å². The zero-order valence-electron chi connectivity index (χ0n) is 10.3. The van der Waals surface area contributed by atoms with Gasteiger partial charge < -0.3 is 10.5 Å². The molecule has 1 aromatic heterocycles. The van der Waals surface area contributed by atoms with Gasteiger partial charge in [0.1, 0.15) is 0 Å². The van der Waals surface area contributed by atoms with E-state index in [0.29, 0.717) is 11.6 Å². The van der Waals surface area contributed by atoms with Gasteiger partial charge in [0, 0.05) is 5.56 Å². The third kappa shape index (κ3) is 2.23. The van der Waals surface area contributed by atoms with Crippen molar-refractivity contribution in [3.8, 4) is 17.0 Å². The number of rotatable bonds is 2. The van der Waals surface area contributed by atoms with Crippen LogP contribution in [0.25, 0.3) is 11.1 Å². The van der Waals surface area contributed by atoms with Crippen molar-refractivity contribution >= 4 is 5.69 Å². The molecule has 0 amide bonds. The molecule has 3 heteroatoms. The zero-order chi connectivity index (χ0) is 12.4. The predicted octanol–water partition coefficient (Wildman–Crippen LogP) is 2.96. The number of ether oxygens (including phenoxy) is 1. The number of benzene rings is 1. The van der Waals surface area contributed by atoms with Crippen LogP contribution < -0.4 is 10.5 Å². The fourth-order valence-corrected chi connectivity index (χ4v) is 1.94. The molecule has 2 aromatic rings. The van der Waals surface area contributed by atoms with Crippen LogP contribution in [0, 0.1) is 13.8 Å². The summed E-state index contributed by atoms with van der Waals surface area (Å²) in [6, 6.07) is 8.18. The van der Waals surface area contributed by atoms with Crippen molar-refractivity contribution in [3.63, 3.8) is 0 Å². The van der Waals surface area contributed by atoms with Crippen LogP contribution in [0.2, 0.25) is 0 Å². The summed E-state index contributed by atoms with van der Waals surface area (Å²) in [6.07, 6.45) is 1.60.